The van der Waals surface area contributed by atoms with Crippen molar-refractivity contribution in [3.05, 3.63) is 0 Å². The molecule has 2 saturated heterocycles. The van der Waals surface area contributed by atoms with Gasteiger partial charge in [-0.2, -0.15) is 0 Å². The van der Waals surface area contributed by atoms with Crippen molar-refractivity contribution in [2.24, 2.45) is 0 Å². The van der Waals surface area contributed by atoms with E-state index in [2.05, 4.69) is 22.9 Å². The first-order valence-corrected chi connectivity index (χ1v) is 2.83. The Morgan fingerprint density at radius 2 is 0.619 bits per heavy atom. The fourth-order valence-electron chi connectivity index (χ4n) is 0.710. The van der Waals surface area contributed by atoms with E-state index in [0.29, 0.717) is 0 Å². The summed E-state index contributed by atoms with van der Waals surface area (Å²) in [5, 5.41) is 21.0. The summed E-state index contributed by atoms with van der Waals surface area (Å²) in [5.41, 5.74) is 0. The maximum absolute atomic E-state index is 10.5. The van der Waals surface area contributed by atoms with Gasteiger partial charge in [-0.25, -0.2) is 0 Å². The van der Waals surface area contributed by atoms with Gasteiger partial charge in [-0.05, 0) is 0 Å². The van der Waals surface area contributed by atoms with Crippen LogP contribution in [0.1, 0.15) is 0 Å². The molecule has 0 saturated carbocycles. The van der Waals surface area contributed by atoms with Crippen LogP contribution in [0.15, 0.2) is 0 Å². The molecule has 21 heteroatoms. The summed E-state index contributed by atoms with van der Waals surface area (Å²) >= 11 is 0. The monoisotopic (exact) mass is 346 g/mol. The second kappa shape index (κ2) is 26.6. The van der Waals surface area contributed by atoms with E-state index < -0.39 is 29.3 Å². The van der Waals surface area contributed by atoms with Crippen LogP contribution in [0.4, 0.5) is 0 Å². The Bertz CT molecular complexity index is 129. The molecule has 2 fully saturated rings. The summed E-state index contributed by atoms with van der Waals surface area (Å²) < 4.78 is 21.9. The third-order valence-corrected chi connectivity index (χ3v) is 1.11. The molecule has 2 bridgehead atoms. The molecule has 0 spiro atoms. The van der Waals surface area contributed by atoms with Gasteiger partial charge < -0.3 is 76.7 Å². The van der Waals surface area contributed by atoms with Crippen LogP contribution in [0.25, 0.3) is 0 Å². The van der Waals surface area contributed by atoms with Crippen molar-refractivity contribution in [2.75, 3.05) is 0 Å². The van der Waals surface area contributed by atoms with Crippen LogP contribution in [0.2, 0.25) is 0 Å². The minimum Gasteiger partial charge on any atom is -0.833 e. The normalized spacial score (nSPS) is 12.9. The van der Waals surface area contributed by atoms with Crippen molar-refractivity contribution in [1.29, 1.82) is 0 Å². The Balaban J connectivity index is -0.0000000206. The van der Waals surface area contributed by atoms with Crippen LogP contribution < -0.4 is 69.2 Å². The van der Waals surface area contributed by atoms with Crippen LogP contribution in [0, 0.1) is 0 Å². The van der Waals surface area contributed by atoms with Crippen molar-refractivity contribution in [1.82, 2.24) is 0 Å². The molecule has 0 aliphatic carbocycles. The van der Waals surface area contributed by atoms with Gasteiger partial charge in [0, 0.05) is 0 Å². The molecule has 0 unspecified atom stereocenters. The number of fused-ring (bicyclic) bond motifs is 2. The Kier molecular flexibility index (Phi) is 72.0. The first kappa shape index (κ1) is 57.0. The summed E-state index contributed by atoms with van der Waals surface area (Å²) in [6.45, 7) is 0. The smallest absolute Gasteiger partial charge is 0.833 e. The van der Waals surface area contributed by atoms with Crippen molar-refractivity contribution in [3.63, 3.8) is 0 Å². The molecule has 2 aliphatic rings. The van der Waals surface area contributed by atoms with E-state index >= 15 is 0 Å². The molecule has 2 aliphatic heterocycles. The first-order chi connectivity index (χ1) is 5.24. The van der Waals surface area contributed by atoms with Crippen molar-refractivity contribution >= 4 is 29.3 Å². The average molecular weight is 345 g/mol. The van der Waals surface area contributed by atoms with Gasteiger partial charge in [0.05, 0.1) is 0 Å². The summed E-state index contributed by atoms with van der Waals surface area (Å²) in [6.07, 6.45) is 0. The average Bonchev–Trinajstić information content (AvgIpc) is 1.82. The summed E-state index contributed by atoms with van der Waals surface area (Å²) in [4.78, 5) is 0. The van der Waals surface area contributed by atoms with Gasteiger partial charge in [0.15, 0.2) is 0 Å². The standard InChI is InChI=1S/B4O7.2Na.8H2O/c5-1-7-3-9-2(6)10-4(8-1)11-3;;;;;;;;;;/h;;;8*1H2/q-2;2*+1;;;;;;;;. The zero-order valence-corrected chi connectivity index (χ0v) is 15.2. The molecule has 15 nitrogen and oxygen atoms in total. The van der Waals surface area contributed by atoms with Crippen molar-refractivity contribution < 1.29 is 136 Å². The van der Waals surface area contributed by atoms with Gasteiger partial charge in [0.1, 0.15) is 0 Å². The maximum Gasteiger partial charge on any atom is 1.00 e. The van der Waals surface area contributed by atoms with Gasteiger partial charge in [-0.3, -0.25) is 0 Å². The second-order valence-electron chi connectivity index (χ2n) is 1.84. The van der Waals surface area contributed by atoms with Gasteiger partial charge in [0.2, 0.25) is 0 Å². The number of hydrogen-bond acceptors (Lipinski definition) is 7. The van der Waals surface area contributed by atoms with Crippen LogP contribution in [-0.4, -0.2) is 73.1 Å². The van der Waals surface area contributed by atoms with Crippen molar-refractivity contribution in [3.8, 4) is 0 Å². The topological polar surface area (TPSA) is 344 Å². The second-order valence-corrected chi connectivity index (χ2v) is 1.84. The van der Waals surface area contributed by atoms with Crippen molar-refractivity contribution in [2.45, 2.75) is 0 Å². The zero-order chi connectivity index (χ0) is 7.84. The minimum absolute atomic E-state index is 0. The molecule has 2 heterocycles. The molecule has 16 N–H and O–H groups in total. The van der Waals surface area contributed by atoms with Gasteiger partial charge >= 0.3 is 88.4 Å². The number of hydrogen-bond donors (Lipinski definition) is 0. The van der Waals surface area contributed by atoms with Gasteiger partial charge in [-0.15, -0.1) is 0 Å². The van der Waals surface area contributed by atoms with E-state index in [0.717, 1.165) is 0 Å². The molecule has 2 rings (SSSR count). The van der Waals surface area contributed by atoms with E-state index in [-0.39, 0.29) is 103 Å². The number of rotatable bonds is 0. The molecule has 0 aromatic heterocycles. The van der Waals surface area contributed by atoms with Crippen LogP contribution in [-0.2, 0) is 22.9 Å². The first-order valence-electron chi connectivity index (χ1n) is 2.83. The van der Waals surface area contributed by atoms with Crippen LogP contribution in [0.5, 0.6) is 0 Å². The quantitative estimate of drug-likeness (QED) is 0.380. The molecular formula is H16B4Na2O15. The molecule has 120 valence electrons. The fraction of sp³-hybridized carbons (Fsp3) is 0. The third kappa shape index (κ3) is 17.8. The molecule has 0 amide bonds. The van der Waals surface area contributed by atoms with E-state index in [1.165, 1.54) is 0 Å². The minimum atomic E-state index is -1.73. The predicted octanol–water partition coefficient (Wildman–Crippen LogP) is -16.8. The molecule has 0 radical (unpaired) electrons. The largest absolute Gasteiger partial charge is 1.00 e. The Morgan fingerprint density at radius 3 is 0.810 bits per heavy atom. The zero-order valence-electron chi connectivity index (χ0n) is 11.2. The summed E-state index contributed by atoms with van der Waals surface area (Å²) in [6, 6.07) is 0. The molecule has 21 heavy (non-hydrogen) atoms. The SMILES string of the molecule is O.O.O.O.O.O.O.O.[Na+].[Na+].[O-]B1OB2OB([O-])OB(O1)O2. The van der Waals surface area contributed by atoms with Gasteiger partial charge in [0.25, 0.3) is 0 Å². The third-order valence-electron chi connectivity index (χ3n) is 1.11. The van der Waals surface area contributed by atoms with E-state index in [9.17, 15) is 10.0 Å². The van der Waals surface area contributed by atoms with Crippen LogP contribution >= 0.6 is 0 Å². The van der Waals surface area contributed by atoms with E-state index in [1.807, 2.05) is 0 Å². The molecule has 0 atom stereocenters. The van der Waals surface area contributed by atoms with E-state index in [4.69, 9.17) is 0 Å². The molecule has 0 aromatic carbocycles. The predicted molar refractivity (Wildman–Crippen MR) is 57.4 cm³/mol. The molecule has 0 aromatic rings. The molecular weight excluding hydrogens is 329 g/mol. The summed E-state index contributed by atoms with van der Waals surface area (Å²) in [7, 11) is -6.00. The Morgan fingerprint density at radius 1 is 0.429 bits per heavy atom. The Hall–Kier alpha value is 1.66. The maximum atomic E-state index is 10.5. The Labute approximate surface area is 164 Å². The van der Waals surface area contributed by atoms with Crippen LogP contribution in [0.3, 0.4) is 0 Å². The fourth-order valence-corrected chi connectivity index (χ4v) is 0.710. The summed E-state index contributed by atoms with van der Waals surface area (Å²) in [5.74, 6) is 0. The van der Waals surface area contributed by atoms with Gasteiger partial charge in [-0.1, -0.05) is 0 Å². The van der Waals surface area contributed by atoms with E-state index in [1.54, 1.807) is 0 Å².